The molecule has 0 saturated carbocycles. The summed E-state index contributed by atoms with van der Waals surface area (Å²) in [7, 11) is 0. The molecule has 7 nitrogen and oxygen atoms in total. The van der Waals surface area contributed by atoms with Crippen molar-refractivity contribution in [2.45, 2.75) is 45.8 Å². The number of piperazine rings is 1. The maximum Gasteiger partial charge on any atom is 0.308 e. The van der Waals surface area contributed by atoms with Gasteiger partial charge in [0.2, 0.25) is 11.8 Å². The molecule has 152 valence electrons. The highest BCUT2D eigenvalue weighted by molar-refractivity contribution is 5.97. The predicted octanol–water partition coefficient (Wildman–Crippen LogP) is 2.16. The van der Waals surface area contributed by atoms with E-state index in [1.165, 1.54) is 11.0 Å². The Labute approximate surface area is 165 Å². The third-order valence-corrected chi connectivity index (χ3v) is 4.49. The van der Waals surface area contributed by atoms with E-state index in [1.54, 1.807) is 13.0 Å². The zero-order chi connectivity index (χ0) is 20.5. The van der Waals surface area contributed by atoms with Gasteiger partial charge in [-0.3, -0.25) is 14.4 Å². The van der Waals surface area contributed by atoms with Gasteiger partial charge in [0.15, 0.2) is 0 Å². The van der Waals surface area contributed by atoms with Crippen LogP contribution in [0.25, 0.3) is 6.08 Å². The van der Waals surface area contributed by atoms with Crippen LogP contribution in [0.5, 0.6) is 5.75 Å². The van der Waals surface area contributed by atoms with Crippen molar-refractivity contribution >= 4 is 23.9 Å². The summed E-state index contributed by atoms with van der Waals surface area (Å²) < 4.78 is 10.6. The molecule has 1 aliphatic rings. The number of ether oxygens (including phenoxy) is 2. The summed E-state index contributed by atoms with van der Waals surface area (Å²) in [5.41, 5.74) is 0.839. The van der Waals surface area contributed by atoms with Crippen molar-refractivity contribution in [3.8, 4) is 5.75 Å². The summed E-state index contributed by atoms with van der Waals surface area (Å²) in [6, 6.07) is 6.49. The van der Waals surface area contributed by atoms with Crippen LogP contribution in [0.1, 0.15) is 39.2 Å². The molecule has 2 amide bonds. The maximum atomic E-state index is 12.6. The van der Waals surface area contributed by atoms with Gasteiger partial charge < -0.3 is 19.7 Å². The van der Waals surface area contributed by atoms with Crippen molar-refractivity contribution in [3.05, 3.63) is 35.9 Å². The quantitative estimate of drug-likeness (QED) is 0.545. The van der Waals surface area contributed by atoms with Gasteiger partial charge in [-0.1, -0.05) is 19.1 Å². The van der Waals surface area contributed by atoms with E-state index in [4.69, 9.17) is 9.47 Å². The van der Waals surface area contributed by atoms with Gasteiger partial charge in [-0.25, -0.2) is 0 Å². The SMILES string of the molecule is CCOc1ccc(/C=C/C(=O)N2CCNC(=O)C2CC(=O)OC(C)CC)cc1. The minimum absolute atomic E-state index is 0.154. The Bertz CT molecular complexity index is 714. The van der Waals surface area contributed by atoms with E-state index in [1.807, 2.05) is 38.1 Å². The molecule has 1 heterocycles. The molecule has 0 bridgehead atoms. The summed E-state index contributed by atoms with van der Waals surface area (Å²) >= 11 is 0. The molecule has 1 aliphatic heterocycles. The molecule has 0 radical (unpaired) electrons. The first-order valence-corrected chi connectivity index (χ1v) is 9.63. The van der Waals surface area contributed by atoms with Crippen molar-refractivity contribution in [1.82, 2.24) is 10.2 Å². The number of benzene rings is 1. The monoisotopic (exact) mass is 388 g/mol. The second-order valence-corrected chi connectivity index (χ2v) is 6.59. The topological polar surface area (TPSA) is 84.9 Å². The van der Waals surface area contributed by atoms with Crippen LogP contribution in [-0.2, 0) is 19.1 Å². The Kier molecular flexibility index (Phi) is 8.04. The molecule has 1 aromatic rings. The van der Waals surface area contributed by atoms with Crippen LogP contribution in [-0.4, -0.2) is 54.5 Å². The second-order valence-electron chi connectivity index (χ2n) is 6.59. The molecule has 0 aliphatic carbocycles. The van der Waals surface area contributed by atoms with Gasteiger partial charge in [-0.05, 0) is 44.0 Å². The Hall–Kier alpha value is -2.83. The normalized spacial score (nSPS) is 17.9. The summed E-state index contributed by atoms with van der Waals surface area (Å²) in [5.74, 6) is -0.372. The van der Waals surface area contributed by atoms with Gasteiger partial charge >= 0.3 is 5.97 Å². The van der Waals surface area contributed by atoms with Crippen molar-refractivity contribution in [3.63, 3.8) is 0 Å². The van der Waals surface area contributed by atoms with Crippen molar-refractivity contribution < 1.29 is 23.9 Å². The largest absolute Gasteiger partial charge is 0.494 e. The summed E-state index contributed by atoms with van der Waals surface area (Å²) in [6.07, 6.45) is 3.41. The van der Waals surface area contributed by atoms with Crippen LogP contribution in [0.2, 0.25) is 0 Å². The summed E-state index contributed by atoms with van der Waals surface area (Å²) in [5, 5.41) is 2.70. The Morgan fingerprint density at radius 1 is 1.29 bits per heavy atom. The zero-order valence-corrected chi connectivity index (χ0v) is 16.6. The molecular weight excluding hydrogens is 360 g/mol. The molecule has 1 aromatic carbocycles. The standard InChI is InChI=1S/C21H28N2O5/c1-4-15(3)28-20(25)14-18-21(26)22-12-13-23(18)19(24)11-8-16-6-9-17(10-7-16)27-5-2/h6-11,15,18H,4-5,12-14H2,1-3H3,(H,22,26)/b11-8+. The fraction of sp³-hybridized carbons (Fsp3) is 0.476. The highest BCUT2D eigenvalue weighted by Gasteiger charge is 2.34. The number of carbonyl (C=O) groups is 3. The van der Waals surface area contributed by atoms with Crippen LogP contribution in [0.3, 0.4) is 0 Å². The van der Waals surface area contributed by atoms with Gasteiger partial charge in [0.05, 0.1) is 19.1 Å². The second kappa shape index (κ2) is 10.5. The minimum atomic E-state index is -0.859. The van der Waals surface area contributed by atoms with E-state index in [2.05, 4.69) is 5.32 Å². The molecular formula is C21H28N2O5. The fourth-order valence-electron chi connectivity index (χ4n) is 2.80. The number of nitrogens with zero attached hydrogens (tertiary/aromatic N) is 1. The van der Waals surface area contributed by atoms with E-state index < -0.39 is 12.0 Å². The van der Waals surface area contributed by atoms with E-state index in [9.17, 15) is 14.4 Å². The summed E-state index contributed by atoms with van der Waals surface area (Å²) in [4.78, 5) is 38.4. The molecule has 2 rings (SSSR count). The first-order valence-electron chi connectivity index (χ1n) is 9.63. The van der Waals surface area contributed by atoms with Crippen LogP contribution in [0.4, 0.5) is 0 Å². The average molecular weight is 388 g/mol. The highest BCUT2D eigenvalue weighted by atomic mass is 16.5. The number of rotatable bonds is 8. The first kappa shape index (κ1) is 21.5. The molecule has 28 heavy (non-hydrogen) atoms. The Morgan fingerprint density at radius 3 is 2.64 bits per heavy atom. The predicted molar refractivity (Wildman–Crippen MR) is 106 cm³/mol. The lowest BCUT2D eigenvalue weighted by atomic mass is 10.1. The van der Waals surface area contributed by atoms with E-state index >= 15 is 0 Å². The first-order chi connectivity index (χ1) is 13.4. The van der Waals surface area contributed by atoms with Crippen molar-refractivity contribution in [2.24, 2.45) is 0 Å². The molecule has 2 unspecified atom stereocenters. The van der Waals surface area contributed by atoms with Crippen LogP contribution >= 0.6 is 0 Å². The number of nitrogens with one attached hydrogen (secondary N) is 1. The van der Waals surface area contributed by atoms with Gasteiger partial charge in [0, 0.05) is 19.2 Å². The van der Waals surface area contributed by atoms with E-state index in [0.29, 0.717) is 26.1 Å². The van der Waals surface area contributed by atoms with Crippen LogP contribution in [0.15, 0.2) is 30.3 Å². The summed E-state index contributed by atoms with van der Waals surface area (Å²) in [6.45, 7) is 6.91. The highest BCUT2D eigenvalue weighted by Crippen LogP contribution is 2.15. The lowest BCUT2D eigenvalue weighted by Gasteiger charge is -2.34. The molecule has 1 saturated heterocycles. The molecule has 1 fully saturated rings. The van der Waals surface area contributed by atoms with E-state index in [-0.39, 0.29) is 24.3 Å². The lowest BCUT2D eigenvalue weighted by molar-refractivity contribution is -0.154. The number of carbonyl (C=O) groups excluding carboxylic acids is 3. The maximum absolute atomic E-state index is 12.6. The smallest absolute Gasteiger partial charge is 0.308 e. The lowest BCUT2D eigenvalue weighted by Crippen LogP contribution is -2.57. The fourth-order valence-corrected chi connectivity index (χ4v) is 2.80. The average Bonchev–Trinajstić information content (AvgIpc) is 2.68. The molecule has 0 spiro atoms. The molecule has 2 atom stereocenters. The van der Waals surface area contributed by atoms with Crippen molar-refractivity contribution in [1.29, 1.82) is 0 Å². The zero-order valence-electron chi connectivity index (χ0n) is 16.6. The third-order valence-electron chi connectivity index (χ3n) is 4.49. The Balaban J connectivity index is 2.03. The molecule has 0 aromatic heterocycles. The van der Waals surface area contributed by atoms with E-state index in [0.717, 1.165) is 11.3 Å². The minimum Gasteiger partial charge on any atom is -0.494 e. The van der Waals surface area contributed by atoms with Crippen LogP contribution < -0.4 is 10.1 Å². The van der Waals surface area contributed by atoms with Gasteiger partial charge in [-0.15, -0.1) is 0 Å². The van der Waals surface area contributed by atoms with Gasteiger partial charge in [0.1, 0.15) is 11.8 Å². The Morgan fingerprint density at radius 2 is 2.00 bits per heavy atom. The van der Waals surface area contributed by atoms with Gasteiger partial charge in [-0.2, -0.15) is 0 Å². The third kappa shape index (κ3) is 6.11. The van der Waals surface area contributed by atoms with Crippen LogP contribution in [0, 0.1) is 0 Å². The van der Waals surface area contributed by atoms with Crippen molar-refractivity contribution in [2.75, 3.05) is 19.7 Å². The molecule has 1 N–H and O–H groups in total. The number of amides is 2. The number of esters is 1. The molecule has 7 heteroatoms. The number of hydrogen-bond acceptors (Lipinski definition) is 5. The number of hydrogen-bond donors (Lipinski definition) is 1. The van der Waals surface area contributed by atoms with Gasteiger partial charge in [0.25, 0.3) is 0 Å².